The molecule has 0 aliphatic carbocycles. The minimum absolute atomic E-state index is 0.615. The van der Waals surface area contributed by atoms with Crippen molar-refractivity contribution in [2.75, 3.05) is 11.9 Å². The van der Waals surface area contributed by atoms with Gasteiger partial charge in [-0.05, 0) is 24.3 Å². The third-order valence-corrected chi connectivity index (χ3v) is 4.22. The molecule has 0 spiro atoms. The Morgan fingerprint density at radius 3 is 2.68 bits per heavy atom. The molecule has 19 heavy (non-hydrogen) atoms. The maximum absolute atomic E-state index is 9.45. The fourth-order valence-electron chi connectivity index (χ4n) is 2.05. The molecule has 0 atom stereocenters. The fourth-order valence-corrected chi connectivity index (χ4v) is 3.20. The normalized spacial score (nSPS) is 15.9. The van der Waals surface area contributed by atoms with Crippen LogP contribution in [0.3, 0.4) is 0 Å². The fraction of sp³-hybridized carbons (Fsp3) is 0.0667. The van der Waals surface area contributed by atoms with Crippen LogP contribution >= 0.6 is 11.8 Å². The van der Waals surface area contributed by atoms with Gasteiger partial charge in [-0.1, -0.05) is 30.0 Å². The van der Waals surface area contributed by atoms with E-state index in [1.165, 1.54) is 4.90 Å². The van der Waals surface area contributed by atoms with Crippen LogP contribution in [-0.4, -0.2) is 12.0 Å². The molecule has 0 amide bonds. The highest BCUT2D eigenvalue weighted by atomic mass is 32.2. The number of nitrogens with zero attached hydrogens (tertiary/aromatic N) is 3. The van der Waals surface area contributed by atoms with Gasteiger partial charge in [0.25, 0.3) is 0 Å². The molecule has 2 heterocycles. The molecule has 0 saturated carbocycles. The minimum Gasteiger partial charge on any atom is -0.337 e. The van der Waals surface area contributed by atoms with Crippen LogP contribution in [0, 0.1) is 11.3 Å². The van der Waals surface area contributed by atoms with Gasteiger partial charge in [0.15, 0.2) is 0 Å². The summed E-state index contributed by atoms with van der Waals surface area (Å²) in [7, 11) is 1.98. The zero-order valence-corrected chi connectivity index (χ0v) is 11.2. The summed E-state index contributed by atoms with van der Waals surface area (Å²) >= 11 is 1.61. The van der Waals surface area contributed by atoms with Gasteiger partial charge in [0.1, 0.15) is 16.7 Å². The van der Waals surface area contributed by atoms with Crippen LogP contribution in [-0.2, 0) is 0 Å². The summed E-state index contributed by atoms with van der Waals surface area (Å²) in [6, 6.07) is 16.0. The summed E-state index contributed by atoms with van der Waals surface area (Å²) in [5.41, 5.74) is 2.46. The van der Waals surface area contributed by atoms with Crippen molar-refractivity contribution >= 4 is 23.0 Å². The lowest BCUT2D eigenvalue weighted by Crippen LogP contribution is -2.11. The monoisotopic (exact) mass is 265 g/mol. The second-order valence-corrected chi connectivity index (χ2v) is 5.17. The van der Waals surface area contributed by atoms with Crippen LogP contribution in [0.1, 0.15) is 5.69 Å². The molecule has 1 aromatic heterocycles. The Labute approximate surface area is 116 Å². The zero-order chi connectivity index (χ0) is 13.2. The van der Waals surface area contributed by atoms with Crippen molar-refractivity contribution in [1.29, 1.82) is 5.26 Å². The second-order valence-electron chi connectivity index (χ2n) is 4.14. The number of hydrogen-bond acceptors (Lipinski definition) is 4. The van der Waals surface area contributed by atoms with Crippen molar-refractivity contribution in [3.05, 3.63) is 59.4 Å². The number of hydrogen-bond donors (Lipinski definition) is 0. The average Bonchev–Trinajstić information content (AvgIpc) is 2.79. The zero-order valence-electron chi connectivity index (χ0n) is 10.4. The summed E-state index contributed by atoms with van der Waals surface area (Å²) < 4.78 is 0. The SMILES string of the molecule is CN1/C(=C(\C#N)c2ccccn2)Sc2ccccc21. The van der Waals surface area contributed by atoms with Gasteiger partial charge in [-0.25, -0.2) is 0 Å². The number of aromatic nitrogens is 1. The number of para-hydroxylation sites is 1. The Morgan fingerprint density at radius 2 is 2.00 bits per heavy atom. The van der Waals surface area contributed by atoms with Crippen LogP contribution in [0.4, 0.5) is 5.69 Å². The predicted octanol–water partition coefficient (Wildman–Crippen LogP) is 3.52. The van der Waals surface area contributed by atoms with E-state index >= 15 is 0 Å². The molecule has 3 rings (SSSR count). The first-order valence-electron chi connectivity index (χ1n) is 5.87. The molecule has 2 aromatic rings. The summed E-state index contributed by atoms with van der Waals surface area (Å²) in [5.74, 6) is 0. The lowest BCUT2D eigenvalue weighted by atomic mass is 10.2. The van der Waals surface area contributed by atoms with Gasteiger partial charge < -0.3 is 4.90 Å². The van der Waals surface area contributed by atoms with Gasteiger partial charge >= 0.3 is 0 Å². The third-order valence-electron chi connectivity index (χ3n) is 2.98. The third kappa shape index (κ3) is 1.98. The highest BCUT2D eigenvalue weighted by Crippen LogP contribution is 2.47. The lowest BCUT2D eigenvalue weighted by Gasteiger charge is -2.14. The molecule has 92 valence electrons. The Morgan fingerprint density at radius 1 is 1.21 bits per heavy atom. The molecule has 0 N–H and O–H groups in total. The summed E-state index contributed by atoms with van der Waals surface area (Å²) in [6.45, 7) is 0. The lowest BCUT2D eigenvalue weighted by molar-refractivity contribution is 1.17. The molecule has 1 aliphatic rings. The first kappa shape index (κ1) is 11.8. The van der Waals surface area contributed by atoms with E-state index in [0.29, 0.717) is 11.3 Å². The van der Waals surface area contributed by atoms with E-state index < -0.39 is 0 Å². The number of anilines is 1. The average molecular weight is 265 g/mol. The molecule has 0 radical (unpaired) electrons. The Balaban J connectivity index is 2.12. The molecule has 3 nitrogen and oxygen atoms in total. The maximum Gasteiger partial charge on any atom is 0.108 e. The van der Waals surface area contributed by atoms with E-state index in [2.05, 4.69) is 23.2 Å². The molecule has 0 saturated heterocycles. The van der Waals surface area contributed by atoms with Crippen molar-refractivity contribution in [3.8, 4) is 6.07 Å². The van der Waals surface area contributed by atoms with Gasteiger partial charge in [-0.2, -0.15) is 5.26 Å². The minimum atomic E-state index is 0.615. The summed E-state index contributed by atoms with van der Waals surface area (Å²) in [5, 5.41) is 10.4. The van der Waals surface area contributed by atoms with Crippen molar-refractivity contribution in [3.63, 3.8) is 0 Å². The number of benzene rings is 1. The van der Waals surface area contributed by atoms with E-state index in [9.17, 15) is 5.26 Å². The largest absolute Gasteiger partial charge is 0.337 e. The molecule has 4 heteroatoms. The van der Waals surface area contributed by atoms with Gasteiger partial charge in [0.05, 0.1) is 11.4 Å². The Bertz CT molecular complexity index is 686. The van der Waals surface area contributed by atoms with Gasteiger partial charge in [-0.3, -0.25) is 4.98 Å². The highest BCUT2D eigenvalue weighted by molar-refractivity contribution is 8.04. The van der Waals surface area contributed by atoms with Crippen molar-refractivity contribution in [2.24, 2.45) is 0 Å². The quantitative estimate of drug-likeness (QED) is 0.740. The van der Waals surface area contributed by atoms with E-state index in [1.54, 1.807) is 18.0 Å². The molecule has 0 unspecified atom stereocenters. The molecule has 0 bridgehead atoms. The van der Waals surface area contributed by atoms with Gasteiger partial charge in [0.2, 0.25) is 0 Å². The Kier molecular flexibility index (Phi) is 2.98. The van der Waals surface area contributed by atoms with Crippen molar-refractivity contribution < 1.29 is 0 Å². The van der Waals surface area contributed by atoms with Crippen LogP contribution in [0.25, 0.3) is 5.57 Å². The highest BCUT2D eigenvalue weighted by Gasteiger charge is 2.25. The van der Waals surface area contributed by atoms with Crippen LogP contribution < -0.4 is 4.90 Å². The first-order valence-corrected chi connectivity index (χ1v) is 6.69. The number of rotatable bonds is 1. The van der Waals surface area contributed by atoms with Crippen molar-refractivity contribution in [1.82, 2.24) is 4.98 Å². The second kappa shape index (κ2) is 4.79. The first-order chi connectivity index (χ1) is 9.31. The summed E-state index contributed by atoms with van der Waals surface area (Å²) in [4.78, 5) is 7.49. The number of nitriles is 1. The smallest absolute Gasteiger partial charge is 0.108 e. The van der Waals surface area contributed by atoms with E-state index in [0.717, 1.165) is 10.7 Å². The topological polar surface area (TPSA) is 39.9 Å². The number of allylic oxidation sites excluding steroid dienone is 1. The molecule has 1 aromatic carbocycles. The van der Waals surface area contributed by atoms with Crippen LogP contribution in [0.5, 0.6) is 0 Å². The molecule has 1 aliphatic heterocycles. The van der Waals surface area contributed by atoms with Crippen molar-refractivity contribution in [2.45, 2.75) is 4.90 Å². The number of thioether (sulfide) groups is 1. The molecule has 0 fully saturated rings. The van der Waals surface area contributed by atoms with E-state index in [-0.39, 0.29) is 0 Å². The number of pyridine rings is 1. The van der Waals surface area contributed by atoms with Crippen LogP contribution in [0.15, 0.2) is 58.6 Å². The summed E-state index contributed by atoms with van der Waals surface area (Å²) in [6.07, 6.45) is 1.71. The van der Waals surface area contributed by atoms with E-state index in [4.69, 9.17) is 0 Å². The predicted molar refractivity (Wildman–Crippen MR) is 77.5 cm³/mol. The molecular weight excluding hydrogens is 254 g/mol. The van der Waals surface area contributed by atoms with Gasteiger partial charge in [-0.15, -0.1) is 0 Å². The van der Waals surface area contributed by atoms with Crippen LogP contribution in [0.2, 0.25) is 0 Å². The molecular formula is C15H11N3S. The Hall–Kier alpha value is -2.25. The number of fused-ring (bicyclic) bond motifs is 1. The van der Waals surface area contributed by atoms with E-state index in [1.807, 2.05) is 42.3 Å². The maximum atomic E-state index is 9.45. The van der Waals surface area contributed by atoms with Gasteiger partial charge in [0, 0.05) is 18.1 Å². The standard InChI is InChI=1S/C15H11N3S/c1-18-13-7-2-3-8-14(13)19-15(18)11(10-16)12-6-4-5-9-17-12/h2-9H,1H3/b15-11-.